The molecule has 0 radical (unpaired) electrons. The first kappa shape index (κ1) is 25.0. The summed E-state index contributed by atoms with van der Waals surface area (Å²) in [6.45, 7) is 0.227. The Morgan fingerprint density at radius 3 is 2.21 bits per heavy atom. The van der Waals surface area contributed by atoms with Crippen molar-refractivity contribution in [2.24, 2.45) is 22.2 Å². The van der Waals surface area contributed by atoms with Gasteiger partial charge in [0.1, 0.15) is 12.1 Å². The van der Waals surface area contributed by atoms with Crippen molar-refractivity contribution < 1.29 is 24.6 Å². The third-order valence-corrected chi connectivity index (χ3v) is 4.75. The highest BCUT2D eigenvalue weighted by Crippen LogP contribution is 2.24. The molecule has 33 heavy (non-hydrogen) atoms. The summed E-state index contributed by atoms with van der Waals surface area (Å²) in [4.78, 5) is 41.4. The zero-order valence-electron chi connectivity index (χ0n) is 17.9. The Hall–Kier alpha value is -4.28. The first-order chi connectivity index (χ1) is 15.7. The van der Waals surface area contributed by atoms with E-state index in [1.807, 2.05) is 6.07 Å². The van der Waals surface area contributed by atoms with Crippen molar-refractivity contribution in [1.82, 2.24) is 10.6 Å². The molecule has 3 amide bonds. The summed E-state index contributed by atoms with van der Waals surface area (Å²) in [6.07, 6.45) is 0.703. The number of primary amides is 1. The molecule has 0 saturated heterocycles. The van der Waals surface area contributed by atoms with Gasteiger partial charge in [0, 0.05) is 18.5 Å². The van der Waals surface area contributed by atoms with Crippen LogP contribution in [0, 0.1) is 0 Å². The summed E-state index contributed by atoms with van der Waals surface area (Å²) >= 11 is 0. The maximum Gasteiger partial charge on any atom is 0.252 e. The number of phenolic OH excluding ortho intramolecular Hbond substituents is 2. The third-order valence-electron chi connectivity index (χ3n) is 4.75. The van der Waals surface area contributed by atoms with Crippen molar-refractivity contribution >= 4 is 23.7 Å². The Labute approximate surface area is 190 Å². The quantitative estimate of drug-likeness (QED) is 0.102. The Morgan fingerprint density at radius 1 is 0.909 bits per heavy atom. The first-order valence-corrected chi connectivity index (χ1v) is 10.2. The fourth-order valence-corrected chi connectivity index (χ4v) is 3.02. The summed E-state index contributed by atoms with van der Waals surface area (Å²) in [7, 11) is 0. The number of aliphatic imine (C=N–C) groups is 1. The maximum atomic E-state index is 13.0. The number of rotatable bonds is 11. The van der Waals surface area contributed by atoms with Crippen LogP contribution in [-0.4, -0.2) is 52.5 Å². The van der Waals surface area contributed by atoms with Gasteiger partial charge in [-0.25, -0.2) is 0 Å². The molecule has 176 valence electrons. The molecule has 0 saturated carbocycles. The van der Waals surface area contributed by atoms with E-state index in [9.17, 15) is 24.6 Å². The molecule has 2 rings (SSSR count). The van der Waals surface area contributed by atoms with Gasteiger partial charge in [0.05, 0.1) is 0 Å². The lowest BCUT2D eigenvalue weighted by molar-refractivity contribution is -0.128. The number of nitrogens with zero attached hydrogens (tertiary/aromatic N) is 1. The second-order valence-corrected chi connectivity index (χ2v) is 7.33. The van der Waals surface area contributed by atoms with E-state index < -0.39 is 35.6 Å². The van der Waals surface area contributed by atoms with Gasteiger partial charge in [-0.15, -0.1) is 0 Å². The average Bonchev–Trinajstić information content (AvgIpc) is 2.77. The molecular formula is C22H28N6O5. The Morgan fingerprint density at radius 2 is 1.61 bits per heavy atom. The highest BCUT2D eigenvalue weighted by atomic mass is 16.3. The summed E-state index contributed by atoms with van der Waals surface area (Å²) in [5.41, 5.74) is 16.9. The molecule has 0 fully saturated rings. The van der Waals surface area contributed by atoms with Crippen LogP contribution in [0.4, 0.5) is 0 Å². The highest BCUT2D eigenvalue weighted by Gasteiger charge is 2.26. The number of carbonyl (C=O) groups excluding carboxylic acids is 3. The number of benzene rings is 2. The molecule has 11 nitrogen and oxygen atoms in total. The average molecular weight is 457 g/mol. The molecule has 0 spiro atoms. The minimum atomic E-state index is -1.04. The van der Waals surface area contributed by atoms with Crippen molar-refractivity contribution in [3.05, 3.63) is 59.7 Å². The number of hydrogen-bond acceptors (Lipinski definition) is 6. The fraction of sp³-hybridized carbons (Fsp3) is 0.273. The molecule has 10 N–H and O–H groups in total. The zero-order chi connectivity index (χ0) is 24.4. The lowest BCUT2D eigenvalue weighted by Gasteiger charge is -2.22. The van der Waals surface area contributed by atoms with E-state index in [1.54, 1.807) is 24.3 Å². The number of nitrogens with two attached hydrogens (primary N) is 3. The topological polar surface area (TPSA) is 206 Å². The van der Waals surface area contributed by atoms with Crippen LogP contribution in [-0.2, 0) is 16.0 Å². The van der Waals surface area contributed by atoms with Gasteiger partial charge in [0.15, 0.2) is 17.5 Å². The van der Waals surface area contributed by atoms with Crippen LogP contribution < -0.4 is 27.8 Å². The van der Waals surface area contributed by atoms with Gasteiger partial charge in [0.2, 0.25) is 11.8 Å². The van der Waals surface area contributed by atoms with Crippen molar-refractivity contribution in [3.8, 4) is 11.5 Å². The molecule has 0 aromatic heterocycles. The monoisotopic (exact) mass is 456 g/mol. The van der Waals surface area contributed by atoms with Gasteiger partial charge in [0.25, 0.3) is 5.91 Å². The normalized spacial score (nSPS) is 12.2. The van der Waals surface area contributed by atoms with Crippen molar-refractivity contribution in [2.75, 3.05) is 6.54 Å². The first-order valence-electron chi connectivity index (χ1n) is 10.2. The van der Waals surface area contributed by atoms with Crippen LogP contribution in [0.3, 0.4) is 0 Å². The van der Waals surface area contributed by atoms with Crippen LogP contribution in [0.2, 0.25) is 0 Å². The zero-order valence-corrected chi connectivity index (χ0v) is 17.9. The largest absolute Gasteiger partial charge is 0.504 e. The summed E-state index contributed by atoms with van der Waals surface area (Å²) in [5, 5.41) is 24.2. The van der Waals surface area contributed by atoms with Gasteiger partial charge in [-0.05, 0) is 36.6 Å². The molecule has 0 aliphatic carbocycles. The Bertz CT molecular complexity index is 1010. The molecule has 2 aromatic carbocycles. The number of aromatic hydroxyl groups is 2. The minimum absolute atomic E-state index is 0.0306. The highest BCUT2D eigenvalue weighted by molar-refractivity contribution is 5.98. The third kappa shape index (κ3) is 8.05. The molecule has 0 unspecified atom stereocenters. The van der Waals surface area contributed by atoms with Gasteiger partial charge in [-0.1, -0.05) is 30.3 Å². The standard InChI is InChI=1S/C22H28N6O5/c23-19(31)16(11-13-5-2-1-3-6-13)28-21(33)15(7-4-10-26-22(24)25)27-20(32)14-8-9-17(29)18(30)12-14/h1-3,5-6,8-9,12,15-16,29-30H,4,7,10-11H2,(H2,23,31)(H,27,32)(H,28,33)(H4,24,25,26)/t15-,16-/m0/s1. The number of carbonyl (C=O) groups is 3. The van der Waals surface area contributed by atoms with E-state index in [2.05, 4.69) is 15.6 Å². The van der Waals surface area contributed by atoms with E-state index in [0.29, 0.717) is 6.42 Å². The van der Waals surface area contributed by atoms with Gasteiger partial charge in [-0.3, -0.25) is 19.4 Å². The Balaban J connectivity index is 2.14. The van der Waals surface area contributed by atoms with Gasteiger partial charge in [-0.2, -0.15) is 0 Å². The molecule has 0 heterocycles. The van der Waals surface area contributed by atoms with Crippen LogP contribution in [0.25, 0.3) is 0 Å². The number of hydrogen-bond donors (Lipinski definition) is 7. The second-order valence-electron chi connectivity index (χ2n) is 7.33. The fourth-order valence-electron chi connectivity index (χ4n) is 3.02. The summed E-state index contributed by atoms with van der Waals surface area (Å²) < 4.78 is 0. The van der Waals surface area contributed by atoms with Crippen LogP contribution in [0.5, 0.6) is 11.5 Å². The maximum absolute atomic E-state index is 13.0. The lowest BCUT2D eigenvalue weighted by Crippen LogP contribution is -2.53. The van der Waals surface area contributed by atoms with Crippen molar-refractivity contribution in [3.63, 3.8) is 0 Å². The van der Waals surface area contributed by atoms with Gasteiger partial charge < -0.3 is 38.0 Å². The van der Waals surface area contributed by atoms with Crippen LogP contribution >= 0.6 is 0 Å². The number of guanidine groups is 1. The SMILES string of the molecule is NC(=O)[C@H](Cc1ccccc1)NC(=O)[C@H](CCCN=C(N)N)NC(=O)c1ccc(O)c(O)c1. The van der Waals surface area contributed by atoms with E-state index in [-0.39, 0.29) is 36.7 Å². The van der Waals surface area contributed by atoms with Crippen LogP contribution in [0.15, 0.2) is 53.5 Å². The van der Waals surface area contributed by atoms with E-state index in [1.165, 1.54) is 6.07 Å². The van der Waals surface area contributed by atoms with Crippen molar-refractivity contribution in [1.29, 1.82) is 0 Å². The Kier molecular flexibility index (Phi) is 9.04. The van der Waals surface area contributed by atoms with E-state index in [0.717, 1.165) is 17.7 Å². The number of phenols is 2. The predicted molar refractivity (Wildman–Crippen MR) is 122 cm³/mol. The molecule has 0 aliphatic rings. The summed E-state index contributed by atoms with van der Waals surface area (Å²) in [5.74, 6) is -2.96. The molecule has 0 bridgehead atoms. The molecule has 11 heteroatoms. The number of amides is 3. The number of nitrogens with one attached hydrogen (secondary N) is 2. The van der Waals surface area contributed by atoms with Crippen LogP contribution in [0.1, 0.15) is 28.8 Å². The minimum Gasteiger partial charge on any atom is -0.504 e. The second kappa shape index (κ2) is 11.9. The van der Waals surface area contributed by atoms with E-state index in [4.69, 9.17) is 17.2 Å². The lowest BCUT2D eigenvalue weighted by atomic mass is 10.0. The van der Waals surface area contributed by atoms with E-state index >= 15 is 0 Å². The summed E-state index contributed by atoms with van der Waals surface area (Å²) in [6, 6.07) is 10.5. The smallest absolute Gasteiger partial charge is 0.252 e. The molecule has 2 aromatic rings. The van der Waals surface area contributed by atoms with Crippen molar-refractivity contribution in [2.45, 2.75) is 31.3 Å². The molecule has 0 aliphatic heterocycles. The predicted octanol–water partition coefficient (Wildman–Crippen LogP) is -0.537. The van der Waals surface area contributed by atoms with Gasteiger partial charge >= 0.3 is 0 Å². The molecular weight excluding hydrogens is 428 g/mol. The molecule has 2 atom stereocenters.